The number of carbonyl (C=O) groups is 1. The van der Waals surface area contributed by atoms with E-state index in [1.807, 2.05) is 5.38 Å². The molecular weight excluding hydrogens is 236 g/mol. The molecule has 2 heterocycles. The first-order chi connectivity index (χ1) is 8.29. The van der Waals surface area contributed by atoms with Gasteiger partial charge in [0.1, 0.15) is 0 Å². The number of hydrogen-bond acceptors (Lipinski definition) is 5. The van der Waals surface area contributed by atoms with Crippen LogP contribution in [0.2, 0.25) is 0 Å². The van der Waals surface area contributed by atoms with Gasteiger partial charge in [0.05, 0.1) is 19.2 Å². The van der Waals surface area contributed by atoms with Crippen LogP contribution in [0.25, 0.3) is 0 Å². The quantitative estimate of drug-likeness (QED) is 0.773. The van der Waals surface area contributed by atoms with E-state index in [-0.39, 0.29) is 5.97 Å². The Morgan fingerprint density at radius 3 is 2.94 bits per heavy atom. The lowest BCUT2D eigenvalue weighted by Gasteiger charge is -2.25. The molecule has 1 aliphatic heterocycles. The molecule has 2 rings (SSSR count). The van der Waals surface area contributed by atoms with Crippen molar-refractivity contribution in [3.05, 3.63) is 11.1 Å². The summed E-state index contributed by atoms with van der Waals surface area (Å²) in [5.74, 6) is -0.169. The zero-order chi connectivity index (χ0) is 12.1. The Kier molecular flexibility index (Phi) is 4.36. The molecule has 0 N–H and O–H groups in total. The van der Waals surface area contributed by atoms with Crippen LogP contribution in [0.3, 0.4) is 0 Å². The number of esters is 1. The van der Waals surface area contributed by atoms with Crippen LogP contribution in [0.5, 0.6) is 0 Å². The molecular formula is C12H18N2O2S. The van der Waals surface area contributed by atoms with Crippen molar-refractivity contribution in [2.75, 3.05) is 25.1 Å². The van der Waals surface area contributed by atoms with Crippen LogP contribution in [0.15, 0.2) is 5.38 Å². The average molecular weight is 254 g/mol. The van der Waals surface area contributed by atoms with Crippen molar-refractivity contribution in [1.82, 2.24) is 4.98 Å². The van der Waals surface area contributed by atoms with Crippen LogP contribution in [0, 0.1) is 0 Å². The molecule has 0 atom stereocenters. The van der Waals surface area contributed by atoms with Crippen molar-refractivity contribution < 1.29 is 9.53 Å². The summed E-state index contributed by atoms with van der Waals surface area (Å²) < 4.78 is 4.62. The number of rotatable bonds is 4. The molecule has 4 nitrogen and oxygen atoms in total. The maximum absolute atomic E-state index is 11.0. The summed E-state index contributed by atoms with van der Waals surface area (Å²) in [6.07, 6.45) is 4.95. The third-order valence-corrected chi connectivity index (χ3v) is 3.93. The molecule has 5 heteroatoms. The summed E-state index contributed by atoms with van der Waals surface area (Å²) in [4.78, 5) is 18.0. The highest BCUT2D eigenvalue weighted by Gasteiger charge is 2.14. The minimum Gasteiger partial charge on any atom is -0.469 e. The largest absolute Gasteiger partial charge is 0.469 e. The lowest BCUT2D eigenvalue weighted by atomic mass is 10.1. The van der Waals surface area contributed by atoms with Crippen molar-refractivity contribution in [2.24, 2.45) is 0 Å². The highest BCUT2D eigenvalue weighted by Crippen LogP contribution is 2.24. The molecule has 0 bridgehead atoms. The predicted molar refractivity (Wildman–Crippen MR) is 68.5 cm³/mol. The maximum atomic E-state index is 11.0. The number of nitrogens with zero attached hydrogens (tertiary/aromatic N) is 2. The summed E-state index contributed by atoms with van der Waals surface area (Å²) in [6.45, 7) is 2.23. The molecule has 0 amide bonds. The predicted octanol–water partition coefficient (Wildman–Crippen LogP) is 2.24. The first kappa shape index (κ1) is 12.4. The summed E-state index contributed by atoms with van der Waals surface area (Å²) in [7, 11) is 1.42. The number of piperidine rings is 1. The van der Waals surface area contributed by atoms with Crippen LogP contribution in [-0.4, -0.2) is 31.2 Å². The second kappa shape index (κ2) is 6.00. The lowest BCUT2D eigenvalue weighted by molar-refractivity contribution is -0.140. The number of aromatic nitrogens is 1. The highest BCUT2D eigenvalue weighted by atomic mass is 32.1. The standard InChI is InChI=1S/C12H18N2O2S/c1-16-11(15)6-5-10-9-17-12(13-10)14-7-3-2-4-8-14/h9H,2-8H2,1H3. The molecule has 0 aromatic carbocycles. The Morgan fingerprint density at radius 1 is 1.47 bits per heavy atom. The van der Waals surface area contributed by atoms with Gasteiger partial charge in [-0.3, -0.25) is 4.79 Å². The van der Waals surface area contributed by atoms with Crippen LogP contribution < -0.4 is 4.90 Å². The van der Waals surface area contributed by atoms with Gasteiger partial charge in [0.15, 0.2) is 5.13 Å². The molecule has 1 aromatic rings. The van der Waals surface area contributed by atoms with Gasteiger partial charge in [-0.2, -0.15) is 0 Å². The van der Waals surface area contributed by atoms with Gasteiger partial charge >= 0.3 is 5.97 Å². The Balaban J connectivity index is 1.88. The van der Waals surface area contributed by atoms with Gasteiger partial charge in [0.2, 0.25) is 0 Å². The molecule has 0 radical (unpaired) electrons. The van der Waals surface area contributed by atoms with Crippen molar-refractivity contribution in [2.45, 2.75) is 32.1 Å². The third kappa shape index (κ3) is 3.43. The molecule has 94 valence electrons. The second-order valence-corrected chi connectivity index (χ2v) is 5.08. The molecule has 0 unspecified atom stereocenters. The minimum atomic E-state index is -0.169. The van der Waals surface area contributed by atoms with Crippen LogP contribution >= 0.6 is 11.3 Å². The van der Waals surface area contributed by atoms with Crippen molar-refractivity contribution >= 4 is 22.4 Å². The minimum absolute atomic E-state index is 0.169. The highest BCUT2D eigenvalue weighted by molar-refractivity contribution is 7.13. The van der Waals surface area contributed by atoms with Crippen LogP contribution in [-0.2, 0) is 16.0 Å². The number of carbonyl (C=O) groups excluding carboxylic acids is 1. The number of hydrogen-bond donors (Lipinski definition) is 0. The van der Waals surface area contributed by atoms with E-state index in [0.29, 0.717) is 12.8 Å². The second-order valence-electron chi connectivity index (χ2n) is 4.25. The van der Waals surface area contributed by atoms with E-state index < -0.39 is 0 Å². The van der Waals surface area contributed by atoms with E-state index in [9.17, 15) is 4.79 Å². The van der Waals surface area contributed by atoms with Gasteiger partial charge in [-0.15, -0.1) is 11.3 Å². The monoisotopic (exact) mass is 254 g/mol. The fraction of sp³-hybridized carbons (Fsp3) is 0.667. The molecule has 1 aromatic heterocycles. The van der Waals surface area contributed by atoms with Crippen molar-refractivity contribution in [3.63, 3.8) is 0 Å². The van der Waals surface area contributed by atoms with Crippen LogP contribution in [0.1, 0.15) is 31.4 Å². The Bertz CT molecular complexity index is 372. The lowest BCUT2D eigenvalue weighted by Crippen LogP contribution is -2.29. The Morgan fingerprint density at radius 2 is 2.24 bits per heavy atom. The summed E-state index contributed by atoms with van der Waals surface area (Å²) >= 11 is 1.68. The normalized spacial score (nSPS) is 15.9. The molecule has 1 aliphatic rings. The smallest absolute Gasteiger partial charge is 0.305 e. The van der Waals surface area contributed by atoms with E-state index in [1.165, 1.54) is 26.4 Å². The first-order valence-electron chi connectivity index (χ1n) is 6.06. The fourth-order valence-electron chi connectivity index (χ4n) is 1.97. The zero-order valence-electron chi connectivity index (χ0n) is 10.1. The SMILES string of the molecule is COC(=O)CCc1csc(N2CCCCC2)n1. The van der Waals surface area contributed by atoms with E-state index in [2.05, 4.69) is 14.6 Å². The first-order valence-corrected chi connectivity index (χ1v) is 6.94. The number of ether oxygens (including phenoxy) is 1. The summed E-state index contributed by atoms with van der Waals surface area (Å²) in [5, 5.41) is 3.15. The van der Waals surface area contributed by atoms with Gasteiger partial charge in [-0.05, 0) is 19.3 Å². The van der Waals surface area contributed by atoms with Gasteiger partial charge in [-0.25, -0.2) is 4.98 Å². The maximum Gasteiger partial charge on any atom is 0.305 e. The van der Waals surface area contributed by atoms with Crippen molar-refractivity contribution in [3.8, 4) is 0 Å². The topological polar surface area (TPSA) is 42.4 Å². The van der Waals surface area contributed by atoms with Crippen LogP contribution in [0.4, 0.5) is 5.13 Å². The number of methoxy groups -OCH3 is 1. The Labute approximate surface area is 106 Å². The van der Waals surface area contributed by atoms with Crippen molar-refractivity contribution in [1.29, 1.82) is 0 Å². The molecule has 0 saturated carbocycles. The number of thiazole rings is 1. The fourth-order valence-corrected chi connectivity index (χ4v) is 2.89. The summed E-state index contributed by atoms with van der Waals surface area (Å²) in [5.41, 5.74) is 1.00. The molecule has 17 heavy (non-hydrogen) atoms. The number of aryl methyl sites for hydroxylation is 1. The molecule has 1 fully saturated rings. The third-order valence-electron chi connectivity index (χ3n) is 2.98. The number of anilines is 1. The summed E-state index contributed by atoms with van der Waals surface area (Å²) in [6, 6.07) is 0. The van der Waals surface area contributed by atoms with Gasteiger partial charge < -0.3 is 9.64 Å². The zero-order valence-corrected chi connectivity index (χ0v) is 11.0. The van der Waals surface area contributed by atoms with E-state index in [4.69, 9.17) is 0 Å². The molecule has 0 spiro atoms. The van der Waals surface area contributed by atoms with Gasteiger partial charge in [0.25, 0.3) is 0 Å². The van der Waals surface area contributed by atoms with E-state index in [0.717, 1.165) is 23.9 Å². The van der Waals surface area contributed by atoms with Gasteiger partial charge in [-0.1, -0.05) is 0 Å². The van der Waals surface area contributed by atoms with E-state index in [1.54, 1.807) is 11.3 Å². The Hall–Kier alpha value is -1.10. The van der Waals surface area contributed by atoms with Gasteiger partial charge in [0, 0.05) is 24.9 Å². The van der Waals surface area contributed by atoms with E-state index >= 15 is 0 Å². The molecule has 0 aliphatic carbocycles. The molecule has 1 saturated heterocycles. The average Bonchev–Trinajstić information content (AvgIpc) is 2.86.